The van der Waals surface area contributed by atoms with E-state index in [2.05, 4.69) is 25.5 Å². The van der Waals surface area contributed by atoms with Gasteiger partial charge in [0.05, 0.1) is 16.8 Å². The van der Waals surface area contributed by atoms with Crippen molar-refractivity contribution < 1.29 is 4.92 Å². The number of aromatic amines is 2. The molecule has 4 rings (SSSR count). The summed E-state index contributed by atoms with van der Waals surface area (Å²) in [4.78, 5) is 10.5. The Bertz CT molecular complexity index is 1280. The highest BCUT2D eigenvalue weighted by Gasteiger charge is 2.13. The topological polar surface area (TPSA) is 118 Å². The summed E-state index contributed by atoms with van der Waals surface area (Å²) < 4.78 is 1.63. The number of nitro benzene ring substituents is 1. The second kappa shape index (κ2) is 7.78. The maximum absolute atomic E-state index is 11.0. The van der Waals surface area contributed by atoms with E-state index in [9.17, 15) is 10.1 Å². The summed E-state index contributed by atoms with van der Waals surface area (Å²) >= 11 is 11.4. The van der Waals surface area contributed by atoms with Crippen molar-refractivity contribution in [3.05, 3.63) is 80.1 Å². The molecule has 0 aliphatic carbocycles. The zero-order valence-electron chi connectivity index (χ0n) is 14.6. The number of H-pyrrole nitrogens is 2. The minimum Gasteiger partial charge on any atom is -0.274 e. The van der Waals surface area contributed by atoms with Crippen LogP contribution in [0.2, 0.25) is 5.02 Å². The lowest BCUT2D eigenvalue weighted by Crippen LogP contribution is -1.96. The van der Waals surface area contributed by atoms with Crippen molar-refractivity contribution in [2.75, 3.05) is 0 Å². The highest BCUT2D eigenvalue weighted by Crippen LogP contribution is 2.23. The average Bonchev–Trinajstić information content (AvgIpc) is 3.35. The van der Waals surface area contributed by atoms with Crippen LogP contribution in [0.1, 0.15) is 5.56 Å². The van der Waals surface area contributed by atoms with E-state index in [1.54, 1.807) is 0 Å². The van der Waals surface area contributed by atoms with Gasteiger partial charge in [-0.15, -0.1) is 0 Å². The van der Waals surface area contributed by atoms with Crippen LogP contribution in [-0.4, -0.2) is 36.2 Å². The predicted octanol–water partition coefficient (Wildman–Crippen LogP) is 4.44. The first-order chi connectivity index (χ1) is 14.0. The van der Waals surface area contributed by atoms with Crippen molar-refractivity contribution in [3.8, 4) is 22.8 Å². The Morgan fingerprint density at radius 2 is 1.93 bits per heavy atom. The van der Waals surface area contributed by atoms with Crippen LogP contribution < -0.4 is 0 Å². The van der Waals surface area contributed by atoms with Crippen LogP contribution in [0.25, 0.3) is 22.8 Å². The summed E-state index contributed by atoms with van der Waals surface area (Å²) in [6.45, 7) is 0. The lowest BCUT2D eigenvalue weighted by molar-refractivity contribution is -0.384. The lowest BCUT2D eigenvalue weighted by atomic mass is 10.1. The minimum atomic E-state index is -0.502. The number of nitrogens with one attached hydrogen (secondary N) is 2. The molecule has 0 amide bonds. The van der Waals surface area contributed by atoms with Gasteiger partial charge in [0.25, 0.3) is 5.69 Å². The summed E-state index contributed by atoms with van der Waals surface area (Å²) in [5.74, 6) is 0.405. The van der Waals surface area contributed by atoms with E-state index in [-0.39, 0.29) is 10.5 Å². The van der Waals surface area contributed by atoms with Crippen molar-refractivity contribution in [2.45, 2.75) is 0 Å². The fourth-order valence-corrected chi connectivity index (χ4v) is 2.98. The summed E-state index contributed by atoms with van der Waals surface area (Å²) in [6, 6.07) is 15.6. The van der Waals surface area contributed by atoms with Gasteiger partial charge in [0.2, 0.25) is 10.6 Å². The van der Waals surface area contributed by atoms with Gasteiger partial charge < -0.3 is 0 Å². The number of nitrogens with zero attached hydrogens (tertiary/aromatic N) is 5. The second-order valence-corrected chi connectivity index (χ2v) is 6.70. The van der Waals surface area contributed by atoms with E-state index >= 15 is 0 Å². The quantitative estimate of drug-likeness (QED) is 0.212. The molecular formula is C18H12ClN7O2S. The van der Waals surface area contributed by atoms with Gasteiger partial charge in [-0.3, -0.25) is 15.2 Å². The molecule has 2 aromatic heterocycles. The first-order valence-corrected chi connectivity index (χ1v) is 9.08. The highest BCUT2D eigenvalue weighted by atomic mass is 35.5. The summed E-state index contributed by atoms with van der Waals surface area (Å²) in [6.07, 6.45) is 1.39. The zero-order valence-corrected chi connectivity index (χ0v) is 16.2. The molecule has 0 atom stereocenters. The number of nitro groups is 1. The van der Waals surface area contributed by atoms with Gasteiger partial charge in [-0.2, -0.15) is 20.0 Å². The Hall–Kier alpha value is -3.63. The fraction of sp³-hybridized carbons (Fsp3) is 0. The smallest absolute Gasteiger partial charge is 0.270 e. The molecule has 0 saturated heterocycles. The van der Waals surface area contributed by atoms with Crippen LogP contribution in [0.3, 0.4) is 0 Å². The van der Waals surface area contributed by atoms with Crippen LogP contribution in [0, 0.1) is 14.9 Å². The summed E-state index contributed by atoms with van der Waals surface area (Å²) in [5, 5.41) is 29.7. The molecule has 0 aliphatic rings. The van der Waals surface area contributed by atoms with E-state index in [0.717, 1.165) is 11.3 Å². The standard InChI is InChI=1S/C18H12ClN7O2S/c19-14-7-6-13(26(27)28)8-12(14)10-20-25-17(23-24-18(25)29)16-9-15(21-22-16)11-4-2-1-3-5-11/h1-10H,(H,21,22)(H,24,29)/b20-10+. The Kier molecular flexibility index (Phi) is 5.02. The van der Waals surface area contributed by atoms with Crippen molar-refractivity contribution in [2.24, 2.45) is 5.10 Å². The normalized spacial score (nSPS) is 11.2. The molecule has 144 valence electrons. The maximum atomic E-state index is 11.0. The van der Waals surface area contributed by atoms with Crippen LogP contribution in [0.5, 0.6) is 0 Å². The zero-order chi connectivity index (χ0) is 20.4. The van der Waals surface area contributed by atoms with Crippen molar-refractivity contribution in [1.82, 2.24) is 25.1 Å². The maximum Gasteiger partial charge on any atom is 0.270 e. The van der Waals surface area contributed by atoms with Crippen molar-refractivity contribution >= 4 is 35.7 Å². The van der Waals surface area contributed by atoms with Gasteiger partial charge in [-0.1, -0.05) is 41.9 Å². The molecule has 0 fully saturated rings. The third-order valence-electron chi connectivity index (χ3n) is 4.04. The fourth-order valence-electron chi connectivity index (χ4n) is 2.63. The molecule has 0 radical (unpaired) electrons. The molecule has 2 aromatic carbocycles. The third kappa shape index (κ3) is 3.84. The lowest BCUT2D eigenvalue weighted by Gasteiger charge is -2.00. The molecule has 0 aliphatic heterocycles. The molecule has 0 unspecified atom stereocenters. The van der Waals surface area contributed by atoms with E-state index < -0.39 is 4.92 Å². The number of rotatable bonds is 5. The monoisotopic (exact) mass is 425 g/mol. The molecule has 4 aromatic rings. The Morgan fingerprint density at radius 1 is 1.14 bits per heavy atom. The first-order valence-electron chi connectivity index (χ1n) is 8.30. The molecule has 0 bridgehead atoms. The number of non-ortho nitro benzene ring substituents is 1. The second-order valence-electron chi connectivity index (χ2n) is 5.90. The molecule has 2 N–H and O–H groups in total. The average molecular weight is 426 g/mol. The summed E-state index contributed by atoms with van der Waals surface area (Å²) in [5.41, 5.74) is 2.57. The van der Waals surface area contributed by atoms with Gasteiger partial charge in [-0.05, 0) is 24.4 Å². The molecule has 9 nitrogen and oxygen atoms in total. The first kappa shape index (κ1) is 18.7. The van der Waals surface area contributed by atoms with Crippen molar-refractivity contribution in [1.29, 1.82) is 0 Å². The summed E-state index contributed by atoms with van der Waals surface area (Å²) in [7, 11) is 0. The Balaban J connectivity index is 1.70. The molecule has 11 heteroatoms. The third-order valence-corrected chi connectivity index (χ3v) is 4.65. The minimum absolute atomic E-state index is 0.0899. The number of hydrogen-bond acceptors (Lipinski definition) is 6. The molecule has 0 saturated carbocycles. The Morgan fingerprint density at radius 3 is 2.69 bits per heavy atom. The van der Waals surface area contributed by atoms with Crippen LogP contribution >= 0.6 is 23.8 Å². The molecule has 29 heavy (non-hydrogen) atoms. The van der Waals surface area contributed by atoms with E-state index in [1.165, 1.54) is 29.1 Å². The largest absolute Gasteiger partial charge is 0.274 e. The number of benzene rings is 2. The van der Waals surface area contributed by atoms with Gasteiger partial charge in [0.15, 0.2) is 0 Å². The number of hydrogen-bond donors (Lipinski definition) is 2. The predicted molar refractivity (Wildman–Crippen MR) is 112 cm³/mol. The van der Waals surface area contributed by atoms with Crippen LogP contribution in [0.4, 0.5) is 5.69 Å². The van der Waals surface area contributed by atoms with Gasteiger partial charge in [0.1, 0.15) is 5.69 Å². The SMILES string of the molecule is O=[N+]([O-])c1ccc(Cl)c(/C=N/n2c(-c3cc(-c4ccccc4)n[nH]3)n[nH]c2=S)c1. The molecular weight excluding hydrogens is 414 g/mol. The number of aromatic nitrogens is 5. The van der Waals surface area contributed by atoms with E-state index in [1.807, 2.05) is 36.4 Å². The van der Waals surface area contributed by atoms with Crippen molar-refractivity contribution in [3.63, 3.8) is 0 Å². The molecule has 0 spiro atoms. The van der Waals surface area contributed by atoms with Gasteiger partial charge in [-0.25, -0.2) is 5.10 Å². The van der Waals surface area contributed by atoms with E-state index in [4.69, 9.17) is 23.8 Å². The van der Waals surface area contributed by atoms with Gasteiger partial charge in [0, 0.05) is 28.3 Å². The van der Waals surface area contributed by atoms with Crippen LogP contribution in [-0.2, 0) is 0 Å². The van der Waals surface area contributed by atoms with Gasteiger partial charge >= 0.3 is 0 Å². The van der Waals surface area contributed by atoms with Crippen LogP contribution in [0.15, 0.2) is 59.7 Å². The van der Waals surface area contributed by atoms with E-state index in [0.29, 0.717) is 22.1 Å². The Labute approximate surface area is 173 Å². The number of halogens is 1. The highest BCUT2D eigenvalue weighted by molar-refractivity contribution is 7.71. The molecule has 2 heterocycles.